The fraction of sp³-hybridized carbons (Fsp3) is 0.588. The maximum atomic E-state index is 13.3. The van der Waals surface area contributed by atoms with E-state index in [9.17, 15) is 13.6 Å². The monoisotopic (exact) mass is 339 g/mol. The number of piperazine rings is 1. The van der Waals surface area contributed by atoms with Gasteiger partial charge in [-0.1, -0.05) is 0 Å². The van der Waals surface area contributed by atoms with Gasteiger partial charge in [0.25, 0.3) is 5.92 Å². The smallest absolute Gasteiger partial charge is 0.251 e. The summed E-state index contributed by atoms with van der Waals surface area (Å²) in [7, 11) is 1.62. The number of piperidine rings is 1. The number of carbonyl (C=O) groups excluding carboxylic acids is 1. The van der Waals surface area contributed by atoms with Crippen molar-refractivity contribution in [3.05, 3.63) is 24.3 Å². The molecule has 2 fully saturated rings. The van der Waals surface area contributed by atoms with Crippen molar-refractivity contribution < 1.29 is 18.3 Å². The van der Waals surface area contributed by atoms with Gasteiger partial charge >= 0.3 is 0 Å². The van der Waals surface area contributed by atoms with Gasteiger partial charge in [-0.05, 0) is 24.3 Å². The number of halogens is 2. The maximum Gasteiger partial charge on any atom is 0.251 e. The zero-order chi connectivity index (χ0) is 17.2. The Morgan fingerprint density at radius 1 is 1.21 bits per heavy atom. The number of hydrogen-bond acceptors (Lipinski definition) is 4. The largest absolute Gasteiger partial charge is 0.497 e. The SMILES string of the molecule is COc1ccc(N2CCN[C@@H](C(=O)N3CCC(F)(F)CC3)C2)cc1. The Labute approximate surface area is 140 Å². The van der Waals surface area contributed by atoms with Crippen molar-refractivity contribution in [1.82, 2.24) is 10.2 Å². The molecule has 0 spiro atoms. The van der Waals surface area contributed by atoms with E-state index in [1.54, 1.807) is 12.0 Å². The number of carbonyl (C=O) groups is 1. The molecule has 1 aromatic rings. The number of hydrogen-bond donors (Lipinski definition) is 1. The lowest BCUT2D eigenvalue weighted by Gasteiger charge is -2.39. The van der Waals surface area contributed by atoms with Crippen LogP contribution in [-0.2, 0) is 4.79 Å². The minimum atomic E-state index is -2.63. The van der Waals surface area contributed by atoms with E-state index in [1.807, 2.05) is 24.3 Å². The standard InChI is InChI=1S/C17H23F2N3O2/c1-24-14-4-2-13(3-5-14)22-11-8-20-15(12-22)16(23)21-9-6-17(18,19)7-10-21/h2-5,15,20H,6-12H2,1H3/t15-/m1/s1. The molecule has 2 heterocycles. The number of alkyl halides is 2. The van der Waals surface area contributed by atoms with Crippen LogP contribution >= 0.6 is 0 Å². The lowest BCUT2D eigenvalue weighted by Crippen LogP contribution is -2.59. The molecule has 0 unspecified atom stereocenters. The lowest BCUT2D eigenvalue weighted by atomic mass is 10.0. The summed E-state index contributed by atoms with van der Waals surface area (Å²) in [4.78, 5) is 16.3. The van der Waals surface area contributed by atoms with Gasteiger partial charge in [0.1, 0.15) is 11.8 Å². The van der Waals surface area contributed by atoms with E-state index >= 15 is 0 Å². The Morgan fingerprint density at radius 2 is 1.88 bits per heavy atom. The molecular formula is C17H23F2N3O2. The quantitative estimate of drug-likeness (QED) is 0.911. The van der Waals surface area contributed by atoms with Gasteiger partial charge in [0.05, 0.1) is 7.11 Å². The predicted octanol–water partition coefficient (Wildman–Crippen LogP) is 1.73. The van der Waals surface area contributed by atoms with Gasteiger partial charge in [0, 0.05) is 51.3 Å². The first-order chi connectivity index (χ1) is 11.5. The number of nitrogens with zero attached hydrogens (tertiary/aromatic N) is 2. The molecule has 24 heavy (non-hydrogen) atoms. The molecule has 1 aromatic carbocycles. The normalized spacial score (nSPS) is 23.9. The zero-order valence-corrected chi connectivity index (χ0v) is 13.8. The highest BCUT2D eigenvalue weighted by atomic mass is 19.3. The summed E-state index contributed by atoms with van der Waals surface area (Å²) < 4.78 is 31.7. The van der Waals surface area contributed by atoms with Gasteiger partial charge in [0.2, 0.25) is 5.91 Å². The van der Waals surface area contributed by atoms with Crippen molar-refractivity contribution >= 4 is 11.6 Å². The molecule has 0 saturated carbocycles. The molecule has 2 saturated heterocycles. The van der Waals surface area contributed by atoms with Crippen molar-refractivity contribution in [3.63, 3.8) is 0 Å². The molecule has 132 valence electrons. The van der Waals surface area contributed by atoms with Gasteiger partial charge in [0.15, 0.2) is 0 Å². The van der Waals surface area contributed by atoms with Gasteiger partial charge in [-0.15, -0.1) is 0 Å². The van der Waals surface area contributed by atoms with E-state index in [0.29, 0.717) is 13.1 Å². The van der Waals surface area contributed by atoms with E-state index in [-0.39, 0.29) is 37.9 Å². The second kappa shape index (κ2) is 6.93. The second-order valence-corrected chi connectivity index (χ2v) is 6.33. The molecule has 1 amide bonds. The summed E-state index contributed by atoms with van der Waals surface area (Å²) in [5.74, 6) is -1.93. The van der Waals surface area contributed by atoms with Crippen LogP contribution in [0, 0.1) is 0 Å². The summed E-state index contributed by atoms with van der Waals surface area (Å²) >= 11 is 0. The van der Waals surface area contributed by atoms with Crippen molar-refractivity contribution in [2.75, 3.05) is 44.7 Å². The van der Waals surface area contributed by atoms with E-state index in [0.717, 1.165) is 18.0 Å². The molecule has 0 aromatic heterocycles. The molecule has 1 N–H and O–H groups in total. The molecule has 2 aliphatic rings. The molecule has 2 aliphatic heterocycles. The number of ether oxygens (including phenoxy) is 1. The average molecular weight is 339 g/mol. The van der Waals surface area contributed by atoms with Gasteiger partial charge in [-0.25, -0.2) is 8.78 Å². The fourth-order valence-corrected chi connectivity index (χ4v) is 3.22. The van der Waals surface area contributed by atoms with Gasteiger partial charge < -0.3 is 19.9 Å². The van der Waals surface area contributed by atoms with Crippen molar-refractivity contribution in [2.45, 2.75) is 24.8 Å². The minimum absolute atomic E-state index is 0.0799. The van der Waals surface area contributed by atoms with Crippen LogP contribution in [0.5, 0.6) is 5.75 Å². The van der Waals surface area contributed by atoms with E-state index in [1.165, 1.54) is 0 Å². The number of likely N-dealkylation sites (tertiary alicyclic amines) is 1. The fourth-order valence-electron chi connectivity index (χ4n) is 3.22. The molecule has 1 atom stereocenters. The summed E-state index contributed by atoms with van der Waals surface area (Å²) in [6, 6.07) is 7.36. The topological polar surface area (TPSA) is 44.8 Å². The third kappa shape index (κ3) is 3.77. The second-order valence-electron chi connectivity index (χ2n) is 6.33. The molecule has 0 bridgehead atoms. The summed E-state index contributed by atoms with van der Waals surface area (Å²) in [6.07, 6.45) is -0.485. The average Bonchev–Trinajstić information content (AvgIpc) is 2.61. The third-order valence-corrected chi connectivity index (χ3v) is 4.72. The van der Waals surface area contributed by atoms with Crippen molar-refractivity contribution in [3.8, 4) is 5.75 Å². The Hall–Kier alpha value is -1.89. The molecular weight excluding hydrogens is 316 g/mol. The molecule has 0 radical (unpaired) electrons. The number of amides is 1. The van der Waals surface area contributed by atoms with E-state index in [2.05, 4.69) is 10.2 Å². The highest BCUT2D eigenvalue weighted by Gasteiger charge is 2.38. The highest BCUT2D eigenvalue weighted by Crippen LogP contribution is 2.28. The molecule has 5 nitrogen and oxygen atoms in total. The molecule has 0 aliphatic carbocycles. The summed E-state index contributed by atoms with van der Waals surface area (Å²) in [6.45, 7) is 2.29. The van der Waals surface area contributed by atoms with Crippen molar-refractivity contribution in [2.24, 2.45) is 0 Å². The van der Waals surface area contributed by atoms with Crippen LogP contribution in [0.25, 0.3) is 0 Å². The minimum Gasteiger partial charge on any atom is -0.497 e. The van der Waals surface area contributed by atoms with Gasteiger partial charge in [-0.3, -0.25) is 4.79 Å². The summed E-state index contributed by atoms with van der Waals surface area (Å²) in [5.41, 5.74) is 1.03. The van der Waals surface area contributed by atoms with Crippen LogP contribution in [-0.4, -0.2) is 62.6 Å². The Kier molecular flexibility index (Phi) is 4.89. The molecule has 7 heteroatoms. The highest BCUT2D eigenvalue weighted by molar-refractivity contribution is 5.83. The maximum absolute atomic E-state index is 13.3. The Morgan fingerprint density at radius 3 is 2.50 bits per heavy atom. The number of benzene rings is 1. The van der Waals surface area contributed by atoms with Gasteiger partial charge in [-0.2, -0.15) is 0 Å². The Bertz CT molecular complexity index is 570. The van der Waals surface area contributed by atoms with E-state index < -0.39 is 5.92 Å². The van der Waals surface area contributed by atoms with Crippen LogP contribution < -0.4 is 15.0 Å². The number of nitrogens with one attached hydrogen (secondary N) is 1. The predicted molar refractivity (Wildman–Crippen MR) is 87.8 cm³/mol. The summed E-state index contributed by atoms with van der Waals surface area (Å²) in [5, 5.41) is 3.21. The lowest BCUT2D eigenvalue weighted by molar-refractivity contribution is -0.139. The van der Waals surface area contributed by atoms with Crippen LogP contribution in [0.2, 0.25) is 0 Å². The van der Waals surface area contributed by atoms with Crippen LogP contribution in [0.15, 0.2) is 24.3 Å². The first-order valence-corrected chi connectivity index (χ1v) is 8.27. The number of anilines is 1. The first kappa shape index (κ1) is 17.0. The van der Waals surface area contributed by atoms with Crippen LogP contribution in [0.4, 0.5) is 14.5 Å². The van der Waals surface area contributed by atoms with Crippen molar-refractivity contribution in [1.29, 1.82) is 0 Å². The third-order valence-electron chi connectivity index (χ3n) is 4.72. The number of methoxy groups -OCH3 is 1. The first-order valence-electron chi connectivity index (χ1n) is 8.27. The van der Waals surface area contributed by atoms with Crippen LogP contribution in [0.3, 0.4) is 0 Å². The Balaban J connectivity index is 1.61. The zero-order valence-electron chi connectivity index (χ0n) is 13.8. The molecule has 3 rings (SSSR count). The van der Waals surface area contributed by atoms with Crippen LogP contribution in [0.1, 0.15) is 12.8 Å². The number of rotatable bonds is 3. The van der Waals surface area contributed by atoms with E-state index in [4.69, 9.17) is 4.74 Å².